The van der Waals surface area contributed by atoms with E-state index in [1.165, 1.54) is 5.56 Å². The molecular weight excluding hydrogens is 236 g/mol. The highest BCUT2D eigenvalue weighted by Crippen LogP contribution is 2.13. The highest BCUT2D eigenvalue weighted by atomic mass is 16.2. The van der Waals surface area contributed by atoms with Crippen molar-refractivity contribution in [3.05, 3.63) is 34.9 Å². The predicted octanol–water partition coefficient (Wildman–Crippen LogP) is 3.32. The van der Waals surface area contributed by atoms with Crippen molar-refractivity contribution in [3.8, 4) is 6.07 Å². The van der Waals surface area contributed by atoms with Crippen molar-refractivity contribution in [2.24, 2.45) is 5.92 Å². The van der Waals surface area contributed by atoms with Crippen LogP contribution < -0.4 is 0 Å². The van der Waals surface area contributed by atoms with Crippen LogP contribution in [-0.4, -0.2) is 23.9 Å². The van der Waals surface area contributed by atoms with Gasteiger partial charge in [0.05, 0.1) is 12.5 Å². The third-order valence-electron chi connectivity index (χ3n) is 3.12. The van der Waals surface area contributed by atoms with Crippen molar-refractivity contribution < 1.29 is 4.79 Å². The van der Waals surface area contributed by atoms with Crippen LogP contribution in [0.4, 0.5) is 0 Å². The van der Waals surface area contributed by atoms with E-state index in [0.29, 0.717) is 31.0 Å². The van der Waals surface area contributed by atoms with Crippen LogP contribution in [0.25, 0.3) is 0 Å². The molecule has 0 fully saturated rings. The lowest BCUT2D eigenvalue weighted by molar-refractivity contribution is 0.0740. The molecule has 0 bridgehead atoms. The molecule has 0 aliphatic rings. The summed E-state index contributed by atoms with van der Waals surface area (Å²) in [5.74, 6) is 0.418. The molecule has 1 amide bonds. The Kier molecular flexibility index (Phi) is 5.57. The Morgan fingerprint density at radius 3 is 2.53 bits per heavy atom. The Hall–Kier alpha value is -1.82. The van der Waals surface area contributed by atoms with Crippen molar-refractivity contribution in [2.45, 2.75) is 34.1 Å². The molecule has 0 radical (unpaired) electrons. The number of nitrogens with zero attached hydrogens (tertiary/aromatic N) is 2. The fourth-order valence-corrected chi connectivity index (χ4v) is 1.96. The number of amides is 1. The van der Waals surface area contributed by atoms with Gasteiger partial charge in [0.1, 0.15) is 0 Å². The standard InChI is InChI=1S/C16H22N2O/c1-12(2)11-18(9-5-8-17)16(19)15-7-6-13(3)14(4)10-15/h6-7,10,12H,5,9,11H2,1-4H3. The zero-order chi connectivity index (χ0) is 14.4. The number of aryl methyl sites for hydroxylation is 2. The van der Waals surface area contributed by atoms with Crippen LogP contribution >= 0.6 is 0 Å². The van der Waals surface area contributed by atoms with Gasteiger partial charge >= 0.3 is 0 Å². The predicted molar refractivity (Wildman–Crippen MR) is 76.9 cm³/mol. The molecule has 0 N–H and O–H groups in total. The molecule has 1 aromatic carbocycles. The summed E-state index contributed by atoms with van der Waals surface area (Å²) in [6.45, 7) is 9.38. The Morgan fingerprint density at radius 2 is 2.00 bits per heavy atom. The number of carbonyl (C=O) groups is 1. The molecule has 19 heavy (non-hydrogen) atoms. The van der Waals surface area contributed by atoms with Gasteiger partial charge in [-0.05, 0) is 43.0 Å². The zero-order valence-electron chi connectivity index (χ0n) is 12.2. The number of rotatable bonds is 5. The fourth-order valence-electron chi connectivity index (χ4n) is 1.96. The van der Waals surface area contributed by atoms with Crippen molar-refractivity contribution in [1.82, 2.24) is 4.90 Å². The van der Waals surface area contributed by atoms with E-state index >= 15 is 0 Å². The smallest absolute Gasteiger partial charge is 0.253 e. The first-order chi connectivity index (χ1) is 8.95. The van der Waals surface area contributed by atoms with Crippen molar-refractivity contribution in [2.75, 3.05) is 13.1 Å². The van der Waals surface area contributed by atoms with Gasteiger partial charge in [-0.15, -0.1) is 0 Å². The SMILES string of the molecule is Cc1ccc(C(=O)N(CCC#N)CC(C)C)cc1C. The molecule has 3 heteroatoms. The maximum atomic E-state index is 12.5. The summed E-state index contributed by atoms with van der Waals surface area (Å²) in [6.07, 6.45) is 0.378. The maximum absolute atomic E-state index is 12.5. The zero-order valence-corrected chi connectivity index (χ0v) is 12.2. The van der Waals surface area contributed by atoms with Crippen LogP contribution in [0, 0.1) is 31.1 Å². The summed E-state index contributed by atoms with van der Waals surface area (Å²) < 4.78 is 0. The Bertz CT molecular complexity index is 486. The Balaban J connectivity index is 2.91. The van der Waals surface area contributed by atoms with Gasteiger partial charge in [-0.1, -0.05) is 19.9 Å². The van der Waals surface area contributed by atoms with E-state index in [1.807, 2.05) is 32.0 Å². The van der Waals surface area contributed by atoms with E-state index in [0.717, 1.165) is 5.56 Å². The molecule has 0 saturated heterocycles. The lowest BCUT2D eigenvalue weighted by atomic mass is 10.0. The third-order valence-corrected chi connectivity index (χ3v) is 3.12. The van der Waals surface area contributed by atoms with E-state index in [4.69, 9.17) is 5.26 Å². The van der Waals surface area contributed by atoms with Crippen LogP contribution in [0.5, 0.6) is 0 Å². The molecule has 0 heterocycles. The summed E-state index contributed by atoms with van der Waals surface area (Å²) in [5, 5.41) is 8.69. The Morgan fingerprint density at radius 1 is 1.32 bits per heavy atom. The molecule has 0 unspecified atom stereocenters. The van der Waals surface area contributed by atoms with Gasteiger partial charge < -0.3 is 4.90 Å². The molecule has 0 saturated carbocycles. The summed E-state index contributed by atoms with van der Waals surface area (Å²) in [5.41, 5.74) is 3.02. The average molecular weight is 258 g/mol. The van der Waals surface area contributed by atoms with Crippen LogP contribution in [0.1, 0.15) is 41.8 Å². The monoisotopic (exact) mass is 258 g/mol. The molecule has 1 rings (SSSR count). The molecule has 3 nitrogen and oxygen atoms in total. The minimum atomic E-state index is 0.0204. The van der Waals surface area contributed by atoms with Crippen LogP contribution in [0.15, 0.2) is 18.2 Å². The largest absolute Gasteiger partial charge is 0.337 e. The molecule has 0 atom stereocenters. The normalized spacial score (nSPS) is 10.3. The van der Waals surface area contributed by atoms with Gasteiger partial charge in [-0.3, -0.25) is 4.79 Å². The van der Waals surface area contributed by atoms with Gasteiger partial charge in [-0.2, -0.15) is 5.26 Å². The lowest BCUT2D eigenvalue weighted by Crippen LogP contribution is -2.35. The summed E-state index contributed by atoms with van der Waals surface area (Å²) in [6, 6.07) is 7.87. The quantitative estimate of drug-likeness (QED) is 0.813. The molecule has 102 valence electrons. The Labute approximate surface area is 115 Å². The minimum absolute atomic E-state index is 0.0204. The number of benzene rings is 1. The van der Waals surface area contributed by atoms with Crippen molar-refractivity contribution >= 4 is 5.91 Å². The maximum Gasteiger partial charge on any atom is 0.253 e. The average Bonchev–Trinajstić information content (AvgIpc) is 2.36. The van der Waals surface area contributed by atoms with Crippen LogP contribution in [-0.2, 0) is 0 Å². The van der Waals surface area contributed by atoms with Crippen molar-refractivity contribution in [1.29, 1.82) is 5.26 Å². The lowest BCUT2D eigenvalue weighted by Gasteiger charge is -2.24. The van der Waals surface area contributed by atoms with E-state index in [1.54, 1.807) is 4.90 Å². The van der Waals surface area contributed by atoms with E-state index in [2.05, 4.69) is 19.9 Å². The van der Waals surface area contributed by atoms with Crippen molar-refractivity contribution in [3.63, 3.8) is 0 Å². The number of hydrogen-bond donors (Lipinski definition) is 0. The second-order valence-corrected chi connectivity index (χ2v) is 5.35. The second-order valence-electron chi connectivity index (χ2n) is 5.35. The van der Waals surface area contributed by atoms with Gasteiger partial charge in [0.15, 0.2) is 0 Å². The molecule has 0 aliphatic carbocycles. The highest BCUT2D eigenvalue weighted by Gasteiger charge is 2.16. The second kappa shape index (κ2) is 6.94. The van der Waals surface area contributed by atoms with E-state index in [-0.39, 0.29) is 5.91 Å². The first-order valence-corrected chi connectivity index (χ1v) is 6.69. The summed E-state index contributed by atoms with van der Waals surface area (Å²) in [4.78, 5) is 14.2. The van der Waals surface area contributed by atoms with E-state index < -0.39 is 0 Å². The highest BCUT2D eigenvalue weighted by molar-refractivity contribution is 5.94. The molecular formula is C16H22N2O. The van der Waals surface area contributed by atoms with Gasteiger partial charge in [-0.25, -0.2) is 0 Å². The summed E-state index contributed by atoms with van der Waals surface area (Å²) >= 11 is 0. The van der Waals surface area contributed by atoms with Crippen LogP contribution in [0.3, 0.4) is 0 Å². The summed E-state index contributed by atoms with van der Waals surface area (Å²) in [7, 11) is 0. The fraction of sp³-hybridized carbons (Fsp3) is 0.500. The van der Waals surface area contributed by atoms with Gasteiger partial charge in [0, 0.05) is 18.7 Å². The van der Waals surface area contributed by atoms with Gasteiger partial charge in [0.25, 0.3) is 5.91 Å². The molecule has 0 aliphatic heterocycles. The number of nitriles is 1. The first kappa shape index (κ1) is 15.2. The first-order valence-electron chi connectivity index (χ1n) is 6.69. The number of carbonyl (C=O) groups excluding carboxylic acids is 1. The van der Waals surface area contributed by atoms with Gasteiger partial charge in [0.2, 0.25) is 0 Å². The molecule has 0 aromatic heterocycles. The minimum Gasteiger partial charge on any atom is -0.337 e. The van der Waals surface area contributed by atoms with Crippen LogP contribution in [0.2, 0.25) is 0 Å². The molecule has 0 spiro atoms. The number of hydrogen-bond acceptors (Lipinski definition) is 2. The topological polar surface area (TPSA) is 44.1 Å². The third kappa shape index (κ3) is 4.40. The van der Waals surface area contributed by atoms with E-state index in [9.17, 15) is 4.79 Å². The molecule has 1 aromatic rings.